The molecule has 8 heteroatoms. The molecule has 4 rings (SSSR count). The summed E-state index contributed by atoms with van der Waals surface area (Å²) >= 11 is 0. The molecule has 0 saturated carbocycles. The Hall–Kier alpha value is -2.71. The lowest BCUT2D eigenvalue weighted by atomic mass is 10.3. The minimum absolute atomic E-state index is 0.145. The third-order valence-electron chi connectivity index (χ3n) is 5.09. The van der Waals surface area contributed by atoms with E-state index in [1.165, 1.54) is 12.8 Å². The molecule has 0 aromatic carbocycles. The fourth-order valence-corrected chi connectivity index (χ4v) is 3.60. The highest BCUT2D eigenvalue weighted by molar-refractivity contribution is 5.99. The number of hydrogen-bond acceptors (Lipinski definition) is 5. The lowest BCUT2D eigenvalue weighted by Crippen LogP contribution is -2.33. The summed E-state index contributed by atoms with van der Waals surface area (Å²) in [7, 11) is 1.68. The molecule has 1 aliphatic heterocycles. The van der Waals surface area contributed by atoms with E-state index in [9.17, 15) is 4.79 Å². The predicted molar refractivity (Wildman–Crippen MR) is 106 cm³/mol. The molecule has 1 aliphatic rings. The van der Waals surface area contributed by atoms with Crippen LogP contribution in [0.1, 0.15) is 23.3 Å². The second-order valence-corrected chi connectivity index (χ2v) is 7.03. The number of aromatic nitrogens is 4. The van der Waals surface area contributed by atoms with Crippen LogP contribution in [0, 0.1) is 0 Å². The maximum absolute atomic E-state index is 12.8. The van der Waals surface area contributed by atoms with Crippen LogP contribution >= 0.6 is 0 Å². The van der Waals surface area contributed by atoms with Gasteiger partial charge >= 0.3 is 0 Å². The molecule has 0 unspecified atom stereocenters. The molecule has 1 saturated heterocycles. The molecule has 1 amide bonds. The molecule has 0 aliphatic carbocycles. The Labute approximate surface area is 164 Å². The molecule has 4 heterocycles. The third kappa shape index (κ3) is 3.93. The van der Waals surface area contributed by atoms with Gasteiger partial charge in [-0.1, -0.05) is 6.07 Å². The molecule has 1 N–H and O–H groups in total. The van der Waals surface area contributed by atoms with E-state index in [1.54, 1.807) is 13.4 Å². The summed E-state index contributed by atoms with van der Waals surface area (Å²) in [5.74, 6) is 0.518. The van der Waals surface area contributed by atoms with Crippen molar-refractivity contribution >= 4 is 11.4 Å². The zero-order chi connectivity index (χ0) is 19.3. The summed E-state index contributed by atoms with van der Waals surface area (Å²) in [4.78, 5) is 24.3. The molecule has 8 nitrogen and oxygen atoms in total. The minimum Gasteiger partial charge on any atom is -0.383 e. The number of nitrogens with one attached hydrogen (secondary N) is 1. The highest BCUT2D eigenvalue weighted by Gasteiger charge is 2.20. The first-order valence-corrected chi connectivity index (χ1v) is 9.75. The summed E-state index contributed by atoms with van der Waals surface area (Å²) in [6.45, 7) is 5.09. The molecule has 28 heavy (non-hydrogen) atoms. The number of hydrogen-bond donors (Lipinski definition) is 1. The zero-order valence-electron chi connectivity index (χ0n) is 16.2. The number of fused-ring (bicyclic) bond motifs is 1. The van der Waals surface area contributed by atoms with Crippen LogP contribution in [-0.4, -0.2) is 69.6 Å². The number of pyridine rings is 1. The fourth-order valence-electron chi connectivity index (χ4n) is 3.60. The van der Waals surface area contributed by atoms with Crippen LogP contribution in [0.2, 0.25) is 0 Å². The Morgan fingerprint density at radius 1 is 1.25 bits per heavy atom. The van der Waals surface area contributed by atoms with Crippen molar-refractivity contribution < 1.29 is 9.53 Å². The third-order valence-corrected chi connectivity index (χ3v) is 5.09. The van der Waals surface area contributed by atoms with E-state index in [1.807, 2.05) is 39.6 Å². The van der Waals surface area contributed by atoms with Crippen LogP contribution < -0.4 is 5.32 Å². The summed E-state index contributed by atoms with van der Waals surface area (Å²) in [6.07, 6.45) is 8.09. The Kier molecular flexibility index (Phi) is 5.68. The minimum atomic E-state index is -0.145. The Bertz CT molecular complexity index is 941. The normalized spacial score (nSPS) is 14.8. The highest BCUT2D eigenvalue weighted by atomic mass is 16.5. The number of amides is 1. The monoisotopic (exact) mass is 382 g/mol. The van der Waals surface area contributed by atoms with Gasteiger partial charge in [-0.2, -0.15) is 0 Å². The smallest absolute Gasteiger partial charge is 0.272 e. The number of likely N-dealkylation sites (tertiary alicyclic amines) is 1. The zero-order valence-corrected chi connectivity index (χ0v) is 16.2. The van der Waals surface area contributed by atoms with E-state index >= 15 is 0 Å². The van der Waals surface area contributed by atoms with Crippen molar-refractivity contribution in [3.8, 4) is 11.5 Å². The molecule has 0 atom stereocenters. The maximum atomic E-state index is 12.8. The van der Waals surface area contributed by atoms with Crippen molar-refractivity contribution in [2.24, 2.45) is 0 Å². The van der Waals surface area contributed by atoms with E-state index in [4.69, 9.17) is 4.74 Å². The molecule has 1 fully saturated rings. The fraction of sp³-hybridized carbons (Fsp3) is 0.450. The van der Waals surface area contributed by atoms with Crippen molar-refractivity contribution in [3.63, 3.8) is 0 Å². The van der Waals surface area contributed by atoms with Crippen LogP contribution in [0.5, 0.6) is 0 Å². The van der Waals surface area contributed by atoms with Gasteiger partial charge in [-0.3, -0.25) is 9.20 Å². The number of carbonyl (C=O) groups is 1. The molecule has 148 valence electrons. The van der Waals surface area contributed by atoms with E-state index < -0.39 is 0 Å². The van der Waals surface area contributed by atoms with Crippen molar-refractivity contribution in [2.75, 3.05) is 39.9 Å². The molecule has 0 spiro atoms. The summed E-state index contributed by atoms with van der Waals surface area (Å²) in [6, 6.07) is 5.75. The van der Waals surface area contributed by atoms with Gasteiger partial charge in [0.2, 0.25) is 0 Å². The standard InChI is InChI=1S/C20H26N6O2/c1-28-13-12-25-14-16(22-15-25)19-23-18(17-6-2-3-10-26(17)19)20(27)21-7-11-24-8-4-5-9-24/h2-3,6,10,14-15H,4-5,7-9,11-13H2,1H3,(H,21,27). The van der Waals surface area contributed by atoms with Gasteiger partial charge in [-0.25, -0.2) is 9.97 Å². The van der Waals surface area contributed by atoms with Gasteiger partial charge in [0.1, 0.15) is 5.69 Å². The summed E-state index contributed by atoms with van der Waals surface area (Å²) < 4.78 is 8.99. The van der Waals surface area contributed by atoms with Crippen LogP contribution in [-0.2, 0) is 11.3 Å². The van der Waals surface area contributed by atoms with Crippen molar-refractivity contribution in [1.29, 1.82) is 0 Å². The predicted octanol–water partition coefficient (Wildman–Crippen LogP) is 1.67. The van der Waals surface area contributed by atoms with Crippen molar-refractivity contribution in [1.82, 2.24) is 29.2 Å². The number of imidazole rings is 2. The van der Waals surface area contributed by atoms with Crippen molar-refractivity contribution in [3.05, 3.63) is 42.6 Å². The van der Waals surface area contributed by atoms with Gasteiger partial charge in [0.05, 0.1) is 18.5 Å². The molecule has 3 aromatic heterocycles. The van der Waals surface area contributed by atoms with Crippen molar-refractivity contribution in [2.45, 2.75) is 19.4 Å². The number of methoxy groups -OCH3 is 1. The van der Waals surface area contributed by atoms with Crippen LogP contribution in [0.4, 0.5) is 0 Å². The molecule has 3 aromatic rings. The van der Waals surface area contributed by atoms with Gasteiger partial charge in [0.15, 0.2) is 11.5 Å². The van der Waals surface area contributed by atoms with Crippen LogP contribution in [0.25, 0.3) is 17.0 Å². The first-order valence-electron chi connectivity index (χ1n) is 9.75. The number of carbonyl (C=O) groups excluding carboxylic acids is 1. The maximum Gasteiger partial charge on any atom is 0.272 e. The first kappa shape index (κ1) is 18.6. The number of rotatable bonds is 8. The van der Waals surface area contributed by atoms with E-state index in [2.05, 4.69) is 20.2 Å². The highest BCUT2D eigenvalue weighted by Crippen LogP contribution is 2.21. The Morgan fingerprint density at radius 2 is 2.11 bits per heavy atom. The molecule has 0 radical (unpaired) electrons. The van der Waals surface area contributed by atoms with Gasteiger partial charge in [-0.15, -0.1) is 0 Å². The van der Waals surface area contributed by atoms with Gasteiger partial charge in [-0.05, 0) is 38.1 Å². The van der Waals surface area contributed by atoms with E-state index in [0.29, 0.717) is 24.7 Å². The Morgan fingerprint density at radius 3 is 2.93 bits per heavy atom. The molecular weight excluding hydrogens is 356 g/mol. The second-order valence-electron chi connectivity index (χ2n) is 7.03. The molecule has 0 bridgehead atoms. The van der Waals surface area contributed by atoms with Crippen LogP contribution in [0.3, 0.4) is 0 Å². The van der Waals surface area contributed by atoms with E-state index in [-0.39, 0.29) is 5.91 Å². The second kappa shape index (κ2) is 8.53. The SMILES string of the molecule is COCCn1cnc(-c2nc(C(=O)NCCN3CCCC3)c3ccccn23)c1. The molecular formula is C20H26N6O2. The summed E-state index contributed by atoms with van der Waals surface area (Å²) in [5.41, 5.74) is 1.94. The average molecular weight is 382 g/mol. The number of nitrogens with zero attached hydrogens (tertiary/aromatic N) is 5. The first-order chi connectivity index (χ1) is 13.8. The van der Waals surface area contributed by atoms with Gasteiger partial charge < -0.3 is 19.5 Å². The summed E-state index contributed by atoms with van der Waals surface area (Å²) in [5, 5.41) is 3.02. The largest absolute Gasteiger partial charge is 0.383 e. The van der Waals surface area contributed by atoms with Crippen LogP contribution in [0.15, 0.2) is 36.9 Å². The quantitative estimate of drug-likeness (QED) is 0.641. The van der Waals surface area contributed by atoms with Gasteiger partial charge in [0.25, 0.3) is 5.91 Å². The number of ether oxygens (including phenoxy) is 1. The Balaban J connectivity index is 1.54. The lowest BCUT2D eigenvalue weighted by Gasteiger charge is -2.14. The topological polar surface area (TPSA) is 76.7 Å². The lowest BCUT2D eigenvalue weighted by molar-refractivity contribution is 0.0947. The average Bonchev–Trinajstić information content (AvgIpc) is 3.45. The van der Waals surface area contributed by atoms with E-state index in [0.717, 1.165) is 37.4 Å². The van der Waals surface area contributed by atoms with Gasteiger partial charge in [0, 0.05) is 39.1 Å².